The van der Waals surface area contributed by atoms with Gasteiger partial charge in [0.15, 0.2) is 0 Å². The van der Waals surface area contributed by atoms with Gasteiger partial charge in [0.25, 0.3) is 15.9 Å². The molecule has 7 nitrogen and oxygen atoms in total. The summed E-state index contributed by atoms with van der Waals surface area (Å²) in [6.45, 7) is 3.63. The molecular formula is C23H22N2O5S. The molecule has 0 aliphatic heterocycles. The van der Waals surface area contributed by atoms with Gasteiger partial charge in [-0.15, -0.1) is 0 Å². The number of aryl methyl sites for hydroxylation is 2. The summed E-state index contributed by atoms with van der Waals surface area (Å²) in [5.41, 5.74) is 3.11. The second-order valence-corrected chi connectivity index (χ2v) is 8.65. The Hall–Kier alpha value is -3.65. The second kappa shape index (κ2) is 9.01. The van der Waals surface area contributed by atoms with Crippen LogP contribution >= 0.6 is 0 Å². The number of anilines is 2. The smallest absolute Gasteiger partial charge is 0.337 e. The van der Waals surface area contributed by atoms with Crippen LogP contribution in [0.1, 0.15) is 31.8 Å². The minimum Gasteiger partial charge on any atom is -0.465 e. The molecule has 3 aromatic carbocycles. The topological polar surface area (TPSA) is 102 Å². The number of carbonyl (C=O) groups excluding carboxylic acids is 2. The van der Waals surface area contributed by atoms with Gasteiger partial charge in [-0.3, -0.25) is 9.52 Å². The molecule has 3 rings (SSSR count). The van der Waals surface area contributed by atoms with Crippen LogP contribution in [0.4, 0.5) is 11.4 Å². The molecule has 0 atom stereocenters. The number of rotatable bonds is 6. The van der Waals surface area contributed by atoms with Crippen molar-refractivity contribution in [3.05, 3.63) is 89.0 Å². The van der Waals surface area contributed by atoms with Crippen molar-refractivity contribution < 1.29 is 22.7 Å². The Kier molecular flexibility index (Phi) is 6.41. The Morgan fingerprint density at radius 1 is 0.839 bits per heavy atom. The van der Waals surface area contributed by atoms with Gasteiger partial charge in [0, 0.05) is 16.9 Å². The highest BCUT2D eigenvalue weighted by atomic mass is 32.2. The third-order valence-corrected chi connectivity index (χ3v) is 6.01. The molecule has 2 N–H and O–H groups in total. The first kappa shape index (κ1) is 22.0. The summed E-state index contributed by atoms with van der Waals surface area (Å²) in [6, 6.07) is 17.5. The molecule has 0 heterocycles. The van der Waals surface area contributed by atoms with Crippen molar-refractivity contribution in [2.24, 2.45) is 0 Å². The molecule has 0 unspecified atom stereocenters. The Labute approximate surface area is 181 Å². The zero-order valence-corrected chi connectivity index (χ0v) is 18.1. The number of amides is 1. The van der Waals surface area contributed by atoms with E-state index in [1.54, 1.807) is 49.4 Å². The quantitative estimate of drug-likeness (QED) is 0.563. The first-order valence-electron chi connectivity index (χ1n) is 9.39. The van der Waals surface area contributed by atoms with Crippen LogP contribution in [0, 0.1) is 13.8 Å². The molecule has 0 saturated heterocycles. The fraction of sp³-hybridized carbons (Fsp3) is 0.130. The lowest BCUT2D eigenvalue weighted by Gasteiger charge is -2.12. The number of sulfonamides is 1. The van der Waals surface area contributed by atoms with E-state index in [9.17, 15) is 18.0 Å². The highest BCUT2D eigenvalue weighted by Crippen LogP contribution is 2.21. The monoisotopic (exact) mass is 438 g/mol. The van der Waals surface area contributed by atoms with Crippen LogP contribution in [-0.4, -0.2) is 27.4 Å². The van der Waals surface area contributed by atoms with Gasteiger partial charge in [-0.25, -0.2) is 13.2 Å². The van der Waals surface area contributed by atoms with E-state index in [4.69, 9.17) is 0 Å². The lowest BCUT2D eigenvalue weighted by Crippen LogP contribution is -2.17. The van der Waals surface area contributed by atoms with Crippen molar-refractivity contribution in [3.63, 3.8) is 0 Å². The number of methoxy groups -OCH3 is 1. The van der Waals surface area contributed by atoms with E-state index in [0.717, 1.165) is 5.56 Å². The van der Waals surface area contributed by atoms with Crippen molar-refractivity contribution in [2.75, 3.05) is 17.1 Å². The van der Waals surface area contributed by atoms with E-state index in [0.29, 0.717) is 22.5 Å². The zero-order valence-electron chi connectivity index (χ0n) is 17.3. The zero-order chi connectivity index (χ0) is 22.6. The average Bonchev–Trinajstić information content (AvgIpc) is 2.75. The highest BCUT2D eigenvalue weighted by Gasteiger charge is 2.18. The van der Waals surface area contributed by atoms with Gasteiger partial charge in [-0.05, 0) is 67.9 Å². The number of carbonyl (C=O) groups is 2. The van der Waals surface area contributed by atoms with Gasteiger partial charge in [-0.2, -0.15) is 0 Å². The molecule has 160 valence electrons. The number of nitrogens with one attached hydrogen (secondary N) is 2. The summed E-state index contributed by atoms with van der Waals surface area (Å²) in [5, 5.41) is 2.71. The Morgan fingerprint density at radius 3 is 2.06 bits per heavy atom. The number of hydrogen-bond acceptors (Lipinski definition) is 5. The summed E-state index contributed by atoms with van der Waals surface area (Å²) in [7, 11) is -2.58. The summed E-state index contributed by atoms with van der Waals surface area (Å²) >= 11 is 0. The molecule has 0 aromatic heterocycles. The standard InChI is InChI=1S/C23H22N2O5S/c1-15-4-9-19(10-5-15)25-31(28,29)20-13-6-16(2)21(14-20)22(26)24-18-11-7-17(8-12-18)23(27)30-3/h4-14,25H,1-3H3,(H,24,26). The second-order valence-electron chi connectivity index (χ2n) is 6.97. The average molecular weight is 439 g/mol. The maximum absolute atomic E-state index is 12.8. The van der Waals surface area contributed by atoms with E-state index in [2.05, 4.69) is 14.8 Å². The molecule has 31 heavy (non-hydrogen) atoms. The number of benzene rings is 3. The molecule has 0 radical (unpaired) electrons. The van der Waals surface area contributed by atoms with E-state index in [1.165, 1.54) is 31.4 Å². The molecule has 0 saturated carbocycles. The molecule has 0 aliphatic carbocycles. The highest BCUT2D eigenvalue weighted by molar-refractivity contribution is 7.92. The van der Waals surface area contributed by atoms with Crippen molar-refractivity contribution in [3.8, 4) is 0 Å². The van der Waals surface area contributed by atoms with E-state index in [-0.39, 0.29) is 10.5 Å². The molecule has 8 heteroatoms. The third kappa shape index (κ3) is 5.29. The molecule has 0 aliphatic rings. The van der Waals surface area contributed by atoms with Crippen LogP contribution in [0.2, 0.25) is 0 Å². The summed E-state index contributed by atoms with van der Waals surface area (Å²) in [5.74, 6) is -0.941. The van der Waals surface area contributed by atoms with Crippen LogP contribution in [0.25, 0.3) is 0 Å². The normalized spacial score (nSPS) is 10.9. The van der Waals surface area contributed by atoms with Crippen LogP contribution in [0.5, 0.6) is 0 Å². The predicted octanol–water partition coefficient (Wildman–Crippen LogP) is 4.14. The van der Waals surface area contributed by atoms with Gasteiger partial charge >= 0.3 is 5.97 Å². The summed E-state index contributed by atoms with van der Waals surface area (Å²) in [4.78, 5) is 24.3. The maximum Gasteiger partial charge on any atom is 0.337 e. The first-order chi connectivity index (χ1) is 14.7. The molecule has 0 bridgehead atoms. The largest absolute Gasteiger partial charge is 0.465 e. The van der Waals surface area contributed by atoms with Gasteiger partial charge < -0.3 is 10.1 Å². The fourth-order valence-corrected chi connectivity index (χ4v) is 3.94. The molecule has 0 fully saturated rings. The Balaban J connectivity index is 1.82. The van der Waals surface area contributed by atoms with Gasteiger partial charge in [0.05, 0.1) is 17.6 Å². The van der Waals surface area contributed by atoms with Crippen LogP contribution in [-0.2, 0) is 14.8 Å². The lowest BCUT2D eigenvalue weighted by atomic mass is 10.1. The summed E-state index contributed by atoms with van der Waals surface area (Å²) in [6.07, 6.45) is 0. The minimum absolute atomic E-state index is 0.0233. The number of esters is 1. The first-order valence-corrected chi connectivity index (χ1v) is 10.9. The minimum atomic E-state index is -3.87. The SMILES string of the molecule is COC(=O)c1ccc(NC(=O)c2cc(S(=O)(=O)Nc3ccc(C)cc3)ccc2C)cc1. The maximum atomic E-state index is 12.8. The van der Waals surface area contributed by atoms with Crippen molar-refractivity contribution in [1.82, 2.24) is 0 Å². The molecule has 3 aromatic rings. The molecular weight excluding hydrogens is 416 g/mol. The molecule has 1 amide bonds. The molecule has 0 spiro atoms. The summed E-state index contributed by atoms with van der Waals surface area (Å²) < 4.78 is 32.7. The van der Waals surface area contributed by atoms with Crippen molar-refractivity contribution in [2.45, 2.75) is 18.7 Å². The van der Waals surface area contributed by atoms with Crippen LogP contribution in [0.3, 0.4) is 0 Å². The van der Waals surface area contributed by atoms with Crippen molar-refractivity contribution >= 4 is 33.3 Å². The van der Waals surface area contributed by atoms with E-state index < -0.39 is 21.9 Å². The Bertz CT molecular complexity index is 1220. The number of ether oxygens (including phenoxy) is 1. The fourth-order valence-electron chi connectivity index (χ4n) is 2.85. The lowest BCUT2D eigenvalue weighted by molar-refractivity contribution is 0.0600. The van der Waals surface area contributed by atoms with E-state index >= 15 is 0 Å². The van der Waals surface area contributed by atoms with E-state index in [1.807, 2.05) is 6.92 Å². The van der Waals surface area contributed by atoms with Crippen molar-refractivity contribution in [1.29, 1.82) is 0 Å². The third-order valence-electron chi connectivity index (χ3n) is 4.63. The van der Waals surface area contributed by atoms with Gasteiger partial charge in [0.2, 0.25) is 0 Å². The Morgan fingerprint density at radius 2 is 1.45 bits per heavy atom. The van der Waals surface area contributed by atoms with Gasteiger partial charge in [-0.1, -0.05) is 23.8 Å². The van der Waals surface area contributed by atoms with Crippen LogP contribution < -0.4 is 10.0 Å². The van der Waals surface area contributed by atoms with Crippen LogP contribution in [0.15, 0.2) is 71.6 Å². The predicted molar refractivity (Wildman–Crippen MR) is 119 cm³/mol. The van der Waals surface area contributed by atoms with Gasteiger partial charge in [0.1, 0.15) is 0 Å². The number of hydrogen-bond donors (Lipinski definition) is 2.